The molecule has 1 aromatic carbocycles. The number of hydrogen-bond acceptors (Lipinski definition) is 4. The van der Waals surface area contributed by atoms with Crippen LogP contribution in [0.25, 0.3) is 0 Å². The Morgan fingerprint density at radius 2 is 2.06 bits per heavy atom. The van der Waals surface area contributed by atoms with Crippen LogP contribution in [0.1, 0.15) is 17.3 Å². The molecule has 1 unspecified atom stereocenters. The Kier molecular flexibility index (Phi) is 4.97. The van der Waals surface area contributed by atoms with Crippen LogP contribution in [0.4, 0.5) is 0 Å². The van der Waals surface area contributed by atoms with E-state index < -0.39 is 0 Å². The summed E-state index contributed by atoms with van der Waals surface area (Å²) in [5, 5.41) is 0. The summed E-state index contributed by atoms with van der Waals surface area (Å²) in [6.45, 7) is 2.34. The lowest BCUT2D eigenvalue weighted by molar-refractivity contribution is 0.0784. The molecule has 0 aliphatic carbocycles. The second kappa shape index (κ2) is 6.26. The van der Waals surface area contributed by atoms with Gasteiger partial charge >= 0.3 is 0 Å². The minimum Gasteiger partial charge on any atom is -0.493 e. The minimum absolute atomic E-state index is 0.0736. The fourth-order valence-corrected chi connectivity index (χ4v) is 1.78. The van der Waals surface area contributed by atoms with Crippen molar-refractivity contribution in [2.24, 2.45) is 5.73 Å². The molecule has 5 heteroatoms. The van der Waals surface area contributed by atoms with Gasteiger partial charge in [-0.1, -0.05) is 6.07 Å². The average Bonchev–Trinajstić information content (AvgIpc) is 2.35. The Labute approximate surface area is 107 Å². The van der Waals surface area contributed by atoms with Crippen LogP contribution < -0.4 is 15.2 Å². The number of rotatable bonds is 5. The Morgan fingerprint density at radius 3 is 2.56 bits per heavy atom. The molecule has 1 amide bonds. The van der Waals surface area contributed by atoms with E-state index in [1.807, 2.05) is 6.92 Å². The van der Waals surface area contributed by atoms with Crippen LogP contribution in [0.3, 0.4) is 0 Å². The second-order valence-electron chi connectivity index (χ2n) is 4.20. The van der Waals surface area contributed by atoms with Crippen molar-refractivity contribution in [3.63, 3.8) is 0 Å². The fourth-order valence-electron chi connectivity index (χ4n) is 1.78. The molecule has 0 bridgehead atoms. The summed E-state index contributed by atoms with van der Waals surface area (Å²) in [5.41, 5.74) is 6.16. The Hall–Kier alpha value is -1.75. The second-order valence-corrected chi connectivity index (χ2v) is 4.20. The maximum absolute atomic E-state index is 12.3. The van der Waals surface area contributed by atoms with Crippen molar-refractivity contribution in [1.29, 1.82) is 0 Å². The van der Waals surface area contributed by atoms with Gasteiger partial charge in [-0.15, -0.1) is 0 Å². The number of carbonyl (C=O) groups is 1. The quantitative estimate of drug-likeness (QED) is 0.853. The van der Waals surface area contributed by atoms with Gasteiger partial charge in [-0.25, -0.2) is 0 Å². The van der Waals surface area contributed by atoms with E-state index in [-0.39, 0.29) is 11.9 Å². The van der Waals surface area contributed by atoms with E-state index in [0.717, 1.165) is 0 Å². The standard InChI is InChI=1S/C13H20N2O3/c1-9(14)8-15(2)13(16)10-6-5-7-11(17-3)12(10)18-4/h5-7,9H,8,14H2,1-4H3. The van der Waals surface area contributed by atoms with Gasteiger partial charge in [-0.2, -0.15) is 0 Å². The Morgan fingerprint density at radius 1 is 1.39 bits per heavy atom. The van der Waals surface area contributed by atoms with Crippen molar-refractivity contribution in [1.82, 2.24) is 4.90 Å². The monoisotopic (exact) mass is 252 g/mol. The number of para-hydroxylation sites is 1. The van der Waals surface area contributed by atoms with Crippen LogP contribution in [0, 0.1) is 0 Å². The van der Waals surface area contributed by atoms with Crippen LogP contribution in [0.2, 0.25) is 0 Å². The van der Waals surface area contributed by atoms with Gasteiger partial charge in [-0.3, -0.25) is 4.79 Å². The molecule has 0 saturated carbocycles. The Balaban J connectivity index is 3.05. The molecule has 0 radical (unpaired) electrons. The summed E-state index contributed by atoms with van der Waals surface area (Å²) in [6.07, 6.45) is 0. The maximum atomic E-state index is 12.3. The summed E-state index contributed by atoms with van der Waals surface area (Å²) in [4.78, 5) is 13.8. The van der Waals surface area contributed by atoms with Gasteiger partial charge in [0.2, 0.25) is 0 Å². The van der Waals surface area contributed by atoms with E-state index >= 15 is 0 Å². The number of nitrogens with zero attached hydrogens (tertiary/aromatic N) is 1. The van der Waals surface area contributed by atoms with Crippen LogP contribution in [-0.2, 0) is 0 Å². The van der Waals surface area contributed by atoms with Crippen molar-refractivity contribution >= 4 is 5.91 Å². The number of hydrogen-bond donors (Lipinski definition) is 1. The van der Waals surface area contributed by atoms with Crippen LogP contribution in [0.5, 0.6) is 11.5 Å². The summed E-state index contributed by atoms with van der Waals surface area (Å²) >= 11 is 0. The highest BCUT2D eigenvalue weighted by molar-refractivity contribution is 5.97. The predicted octanol–water partition coefficient (Wildman–Crippen LogP) is 1.12. The van der Waals surface area contributed by atoms with Crippen LogP contribution in [-0.4, -0.2) is 44.7 Å². The third kappa shape index (κ3) is 3.13. The topological polar surface area (TPSA) is 64.8 Å². The predicted molar refractivity (Wildman–Crippen MR) is 70.2 cm³/mol. The number of carbonyl (C=O) groups excluding carboxylic acids is 1. The minimum atomic E-state index is -0.136. The number of likely N-dealkylation sites (N-methyl/N-ethyl adjacent to an activating group) is 1. The number of nitrogens with two attached hydrogens (primary N) is 1. The molecule has 18 heavy (non-hydrogen) atoms. The highest BCUT2D eigenvalue weighted by atomic mass is 16.5. The molecule has 5 nitrogen and oxygen atoms in total. The average molecular weight is 252 g/mol. The third-order valence-corrected chi connectivity index (χ3v) is 2.54. The van der Waals surface area contributed by atoms with Crippen LogP contribution in [0.15, 0.2) is 18.2 Å². The summed E-state index contributed by atoms with van der Waals surface area (Å²) in [7, 11) is 4.77. The highest BCUT2D eigenvalue weighted by Crippen LogP contribution is 2.31. The molecular formula is C13H20N2O3. The van der Waals surface area contributed by atoms with Gasteiger partial charge in [0.25, 0.3) is 5.91 Å². The van der Waals surface area contributed by atoms with E-state index in [9.17, 15) is 4.79 Å². The van der Waals surface area contributed by atoms with Gasteiger partial charge in [-0.05, 0) is 19.1 Å². The molecule has 0 saturated heterocycles. The number of methoxy groups -OCH3 is 2. The zero-order valence-corrected chi connectivity index (χ0v) is 11.3. The van der Waals surface area contributed by atoms with Gasteiger partial charge in [0.05, 0.1) is 19.8 Å². The lowest BCUT2D eigenvalue weighted by Gasteiger charge is -2.21. The van der Waals surface area contributed by atoms with Gasteiger partial charge in [0.1, 0.15) is 0 Å². The van der Waals surface area contributed by atoms with E-state index in [1.165, 1.54) is 14.2 Å². The van der Waals surface area contributed by atoms with Crippen LogP contribution >= 0.6 is 0 Å². The van der Waals surface area contributed by atoms with Crippen molar-refractivity contribution in [2.45, 2.75) is 13.0 Å². The molecular weight excluding hydrogens is 232 g/mol. The van der Waals surface area contributed by atoms with Crippen molar-refractivity contribution in [3.8, 4) is 11.5 Å². The number of benzene rings is 1. The normalized spacial score (nSPS) is 11.8. The zero-order chi connectivity index (χ0) is 13.7. The molecule has 0 fully saturated rings. The molecule has 0 spiro atoms. The highest BCUT2D eigenvalue weighted by Gasteiger charge is 2.19. The first-order valence-corrected chi connectivity index (χ1v) is 5.73. The molecule has 0 heterocycles. The molecule has 0 aromatic heterocycles. The SMILES string of the molecule is COc1cccc(C(=O)N(C)CC(C)N)c1OC. The number of amides is 1. The van der Waals surface area contributed by atoms with E-state index in [1.54, 1.807) is 30.1 Å². The van der Waals surface area contributed by atoms with Gasteiger partial charge in [0, 0.05) is 19.6 Å². The third-order valence-electron chi connectivity index (χ3n) is 2.54. The van der Waals surface area contributed by atoms with Gasteiger partial charge < -0.3 is 20.1 Å². The largest absolute Gasteiger partial charge is 0.493 e. The smallest absolute Gasteiger partial charge is 0.257 e. The molecule has 1 rings (SSSR count). The molecule has 100 valence electrons. The molecule has 0 aliphatic rings. The zero-order valence-electron chi connectivity index (χ0n) is 11.3. The number of ether oxygens (including phenoxy) is 2. The molecule has 2 N–H and O–H groups in total. The first kappa shape index (κ1) is 14.3. The lowest BCUT2D eigenvalue weighted by atomic mass is 10.1. The van der Waals surface area contributed by atoms with E-state index in [2.05, 4.69) is 0 Å². The first-order chi connectivity index (χ1) is 8.51. The van der Waals surface area contributed by atoms with Gasteiger partial charge in [0.15, 0.2) is 11.5 Å². The summed E-state index contributed by atoms with van der Waals surface area (Å²) in [6, 6.07) is 5.15. The van der Waals surface area contributed by atoms with Crippen molar-refractivity contribution < 1.29 is 14.3 Å². The van der Waals surface area contributed by atoms with E-state index in [4.69, 9.17) is 15.2 Å². The Bertz CT molecular complexity index is 419. The molecule has 1 atom stereocenters. The van der Waals surface area contributed by atoms with Crippen molar-refractivity contribution in [2.75, 3.05) is 27.8 Å². The first-order valence-electron chi connectivity index (χ1n) is 5.73. The maximum Gasteiger partial charge on any atom is 0.257 e. The summed E-state index contributed by atoms with van der Waals surface area (Å²) in [5.74, 6) is 0.849. The molecule has 1 aromatic rings. The van der Waals surface area contributed by atoms with Crippen molar-refractivity contribution in [3.05, 3.63) is 23.8 Å². The lowest BCUT2D eigenvalue weighted by Crippen LogP contribution is -2.37. The summed E-state index contributed by atoms with van der Waals surface area (Å²) < 4.78 is 10.4. The molecule has 0 aliphatic heterocycles. The van der Waals surface area contributed by atoms with E-state index in [0.29, 0.717) is 23.6 Å². The fraction of sp³-hybridized carbons (Fsp3) is 0.462.